The Morgan fingerprint density at radius 3 is 2.32 bits per heavy atom. The molecule has 0 radical (unpaired) electrons. The molecule has 1 fully saturated rings. The highest BCUT2D eigenvalue weighted by Gasteiger charge is 2.37. The van der Waals surface area contributed by atoms with Gasteiger partial charge in [0.25, 0.3) is 10.0 Å². The van der Waals surface area contributed by atoms with E-state index in [9.17, 15) is 13.2 Å². The van der Waals surface area contributed by atoms with Crippen LogP contribution in [0.2, 0.25) is 0 Å². The fraction of sp³-hybridized carbons (Fsp3) is 0.467. The van der Waals surface area contributed by atoms with Crippen LogP contribution in [0.3, 0.4) is 0 Å². The number of aryl methyl sites for hydroxylation is 1. The van der Waals surface area contributed by atoms with Gasteiger partial charge < -0.3 is 0 Å². The Balaban J connectivity index is 2.35. The average molecular weight is 340 g/mol. The largest absolute Gasteiger partial charge is 0.290 e. The van der Waals surface area contributed by atoms with E-state index in [1.807, 2.05) is 20.8 Å². The molecule has 0 bridgehead atoms. The van der Waals surface area contributed by atoms with Crippen LogP contribution in [-0.2, 0) is 21.2 Å². The fourth-order valence-electron chi connectivity index (χ4n) is 2.18. The molecule has 1 atom stereocenters. The van der Waals surface area contributed by atoms with Crippen molar-refractivity contribution in [3.63, 3.8) is 0 Å². The van der Waals surface area contributed by atoms with Crippen molar-refractivity contribution in [3.05, 3.63) is 29.8 Å². The molecule has 2 rings (SSSR count). The molecule has 7 heteroatoms. The van der Waals surface area contributed by atoms with Crippen LogP contribution in [-0.4, -0.2) is 36.2 Å². The van der Waals surface area contributed by atoms with E-state index in [4.69, 9.17) is 0 Å². The van der Waals surface area contributed by atoms with Crippen molar-refractivity contribution in [2.45, 2.75) is 43.8 Å². The molecule has 1 aliphatic heterocycles. The summed E-state index contributed by atoms with van der Waals surface area (Å²) in [5.41, 5.74) is 1.07. The summed E-state index contributed by atoms with van der Waals surface area (Å²) < 4.78 is 28.7. The number of rotatable bonds is 5. The third kappa shape index (κ3) is 3.35. The minimum Gasteiger partial charge on any atom is -0.290 e. The molecule has 1 aliphatic rings. The number of sulfonamides is 1. The zero-order chi connectivity index (χ0) is 16.3. The number of carbonyl (C=O) groups excluding carboxylic acids is 1. The summed E-state index contributed by atoms with van der Waals surface area (Å²) in [5, 5.41) is 0.0373. The zero-order valence-electron chi connectivity index (χ0n) is 12.9. The van der Waals surface area contributed by atoms with Gasteiger partial charge in [-0.15, -0.1) is 4.40 Å². The van der Waals surface area contributed by atoms with Crippen LogP contribution >= 0.6 is 11.8 Å². The summed E-state index contributed by atoms with van der Waals surface area (Å²) in [4.78, 5) is 13.7. The molecule has 0 aromatic heterocycles. The van der Waals surface area contributed by atoms with Gasteiger partial charge in [-0.05, 0) is 37.5 Å². The molecule has 5 nitrogen and oxygen atoms in total. The van der Waals surface area contributed by atoms with Crippen molar-refractivity contribution in [3.8, 4) is 0 Å². The quantitative estimate of drug-likeness (QED) is 0.826. The van der Waals surface area contributed by atoms with Crippen molar-refractivity contribution < 1.29 is 13.2 Å². The van der Waals surface area contributed by atoms with Crippen LogP contribution < -0.4 is 0 Å². The van der Waals surface area contributed by atoms with Crippen LogP contribution in [0.1, 0.15) is 32.8 Å². The Kier molecular flexibility index (Phi) is 5.28. The average Bonchev–Trinajstić information content (AvgIpc) is 2.81. The lowest BCUT2D eigenvalue weighted by atomic mass is 10.2. The van der Waals surface area contributed by atoms with Gasteiger partial charge in [0.05, 0.1) is 10.1 Å². The summed E-state index contributed by atoms with van der Waals surface area (Å²) in [6, 6.07) is 6.69. The first-order valence-corrected chi connectivity index (χ1v) is 9.66. The van der Waals surface area contributed by atoms with Gasteiger partial charge in [0.2, 0.25) is 5.91 Å². The van der Waals surface area contributed by atoms with Crippen LogP contribution in [0.5, 0.6) is 0 Å². The maximum atomic E-state index is 12.4. The van der Waals surface area contributed by atoms with Gasteiger partial charge in [0.15, 0.2) is 5.17 Å². The molecule has 0 saturated carbocycles. The highest BCUT2D eigenvalue weighted by atomic mass is 32.2. The van der Waals surface area contributed by atoms with Gasteiger partial charge in [-0.3, -0.25) is 9.69 Å². The van der Waals surface area contributed by atoms with Gasteiger partial charge in [0.1, 0.15) is 0 Å². The van der Waals surface area contributed by atoms with Gasteiger partial charge in [-0.2, -0.15) is 8.42 Å². The predicted octanol–water partition coefficient (Wildman–Crippen LogP) is 2.67. The molecular formula is C15H20N2O3S2. The number of hydrogen-bond acceptors (Lipinski definition) is 4. The molecule has 1 heterocycles. The molecule has 0 aliphatic carbocycles. The van der Waals surface area contributed by atoms with Gasteiger partial charge in [0, 0.05) is 6.54 Å². The minimum absolute atomic E-state index is 0.0646. The van der Waals surface area contributed by atoms with Crippen LogP contribution in [0.15, 0.2) is 33.6 Å². The molecule has 22 heavy (non-hydrogen) atoms. The van der Waals surface area contributed by atoms with E-state index in [0.717, 1.165) is 12.0 Å². The number of thioether (sulfide) groups is 1. The third-order valence-electron chi connectivity index (χ3n) is 3.53. The first-order valence-electron chi connectivity index (χ1n) is 7.34. The molecule has 0 N–H and O–H groups in total. The number of amidine groups is 1. The molecule has 1 saturated heterocycles. The number of carbonyl (C=O) groups is 1. The van der Waals surface area contributed by atoms with Crippen LogP contribution in [0.25, 0.3) is 0 Å². The number of hydrogen-bond donors (Lipinski definition) is 0. The Morgan fingerprint density at radius 1 is 1.18 bits per heavy atom. The second-order valence-corrected chi connectivity index (χ2v) is 7.72. The van der Waals surface area contributed by atoms with E-state index in [0.29, 0.717) is 13.0 Å². The van der Waals surface area contributed by atoms with Crippen LogP contribution in [0.4, 0.5) is 0 Å². The summed E-state index contributed by atoms with van der Waals surface area (Å²) >= 11 is 1.23. The Labute approximate surface area is 135 Å². The van der Waals surface area contributed by atoms with Crippen molar-refractivity contribution in [2.75, 3.05) is 6.54 Å². The first kappa shape index (κ1) is 17.0. The van der Waals surface area contributed by atoms with Crippen molar-refractivity contribution in [1.29, 1.82) is 0 Å². The molecule has 1 aromatic rings. The number of amides is 1. The van der Waals surface area contributed by atoms with E-state index in [1.165, 1.54) is 16.7 Å². The van der Waals surface area contributed by atoms with Gasteiger partial charge >= 0.3 is 0 Å². The highest BCUT2D eigenvalue weighted by molar-refractivity contribution is 8.16. The van der Waals surface area contributed by atoms with E-state index in [-0.39, 0.29) is 21.2 Å². The van der Waals surface area contributed by atoms with E-state index in [1.54, 1.807) is 24.3 Å². The lowest BCUT2D eigenvalue weighted by Gasteiger charge is -2.12. The monoisotopic (exact) mass is 340 g/mol. The maximum Gasteiger partial charge on any atom is 0.284 e. The Hall–Kier alpha value is -1.34. The smallest absolute Gasteiger partial charge is 0.284 e. The standard InChI is InChI=1S/C15H20N2O3S2/c1-4-11-7-9-12(10-8-11)22(19,20)16-15-17(6-3)14(18)13(5-2)21-15/h7-10,13H,4-6H2,1-3H3/t13-/m1/s1. The predicted molar refractivity (Wildman–Crippen MR) is 89.5 cm³/mol. The molecule has 0 unspecified atom stereocenters. The Bertz CT molecular complexity index is 681. The lowest BCUT2D eigenvalue weighted by Crippen LogP contribution is -2.32. The number of nitrogens with zero attached hydrogens (tertiary/aromatic N) is 2. The normalized spacial score (nSPS) is 20.9. The molecule has 0 spiro atoms. The summed E-state index contributed by atoms with van der Waals surface area (Å²) in [6.45, 7) is 6.15. The van der Waals surface area contributed by atoms with Gasteiger partial charge in [-0.25, -0.2) is 0 Å². The summed E-state index contributed by atoms with van der Waals surface area (Å²) in [6.07, 6.45) is 1.51. The van der Waals surface area contributed by atoms with Crippen molar-refractivity contribution >= 4 is 32.9 Å². The van der Waals surface area contributed by atoms with E-state index < -0.39 is 10.0 Å². The Morgan fingerprint density at radius 2 is 1.82 bits per heavy atom. The van der Waals surface area contributed by atoms with Crippen molar-refractivity contribution in [2.24, 2.45) is 4.40 Å². The van der Waals surface area contributed by atoms with E-state index >= 15 is 0 Å². The fourth-order valence-corrected chi connectivity index (χ4v) is 4.53. The molecular weight excluding hydrogens is 320 g/mol. The second-order valence-electron chi connectivity index (χ2n) is 4.94. The first-order chi connectivity index (χ1) is 10.4. The second kappa shape index (κ2) is 6.83. The topological polar surface area (TPSA) is 66.8 Å². The van der Waals surface area contributed by atoms with Crippen molar-refractivity contribution in [1.82, 2.24) is 4.90 Å². The SMILES string of the molecule is CCc1ccc(S(=O)(=O)N=C2S[C@H](CC)C(=O)N2CC)cc1. The number of benzene rings is 1. The summed E-state index contributed by atoms with van der Waals surface area (Å²) in [5.74, 6) is -0.0646. The molecule has 1 amide bonds. The van der Waals surface area contributed by atoms with E-state index in [2.05, 4.69) is 4.40 Å². The summed E-state index contributed by atoms with van der Waals surface area (Å²) in [7, 11) is -3.79. The third-order valence-corrected chi connectivity index (χ3v) is 6.27. The molecule has 120 valence electrons. The lowest BCUT2D eigenvalue weighted by molar-refractivity contribution is -0.126. The minimum atomic E-state index is -3.79. The highest BCUT2D eigenvalue weighted by Crippen LogP contribution is 2.30. The van der Waals surface area contributed by atoms with Crippen LogP contribution in [0, 0.1) is 0 Å². The van der Waals surface area contributed by atoms with Gasteiger partial charge in [-0.1, -0.05) is 37.7 Å². The zero-order valence-corrected chi connectivity index (χ0v) is 14.6. The maximum absolute atomic E-state index is 12.4. The molecule has 1 aromatic carbocycles.